The van der Waals surface area contributed by atoms with Gasteiger partial charge in [-0.1, -0.05) is 6.92 Å². The van der Waals surface area contributed by atoms with Crippen LogP contribution >= 0.6 is 0 Å². The number of amides is 2. The summed E-state index contributed by atoms with van der Waals surface area (Å²) in [6.45, 7) is 9.68. The average molecular weight is 321 g/mol. The van der Waals surface area contributed by atoms with Gasteiger partial charge in [-0.05, 0) is 40.2 Å². The number of hydrogen-bond acceptors (Lipinski definition) is 3. The Morgan fingerprint density at radius 1 is 1.22 bits per heavy atom. The van der Waals surface area contributed by atoms with Crippen molar-refractivity contribution in [2.45, 2.75) is 59.5 Å². The summed E-state index contributed by atoms with van der Waals surface area (Å²) in [5, 5.41) is 2.60. The molecule has 1 aromatic heterocycles. The minimum absolute atomic E-state index is 0.0397. The van der Waals surface area contributed by atoms with Gasteiger partial charge in [-0.3, -0.25) is 14.4 Å². The number of rotatable bonds is 6. The van der Waals surface area contributed by atoms with Crippen molar-refractivity contribution >= 4 is 17.5 Å². The topological polar surface area (TPSA) is 71.4 Å². The van der Waals surface area contributed by atoms with Crippen molar-refractivity contribution in [2.24, 2.45) is 7.05 Å². The molecule has 0 saturated heterocycles. The Morgan fingerprint density at radius 3 is 2.26 bits per heavy atom. The fourth-order valence-corrected chi connectivity index (χ4v) is 2.57. The molecule has 0 unspecified atom stereocenters. The summed E-state index contributed by atoms with van der Waals surface area (Å²) < 4.78 is 1.33. The molecular weight excluding hydrogens is 294 g/mol. The fourth-order valence-electron chi connectivity index (χ4n) is 2.57. The highest BCUT2D eigenvalue weighted by molar-refractivity contribution is 5.97. The number of pyridine rings is 1. The van der Waals surface area contributed by atoms with Crippen LogP contribution in [0.25, 0.3) is 0 Å². The molecule has 0 aliphatic carbocycles. The summed E-state index contributed by atoms with van der Waals surface area (Å²) in [6.07, 6.45) is 2.54. The normalized spacial score (nSPS) is 11.0. The molecule has 0 radical (unpaired) electrons. The third-order valence-electron chi connectivity index (χ3n) is 3.53. The van der Waals surface area contributed by atoms with E-state index >= 15 is 0 Å². The molecule has 1 rings (SSSR count). The third kappa shape index (κ3) is 4.68. The Labute approximate surface area is 137 Å². The van der Waals surface area contributed by atoms with Crippen LogP contribution in [-0.2, 0) is 11.8 Å². The summed E-state index contributed by atoms with van der Waals surface area (Å²) >= 11 is 0. The number of nitrogens with one attached hydrogen (secondary N) is 1. The lowest BCUT2D eigenvalue weighted by atomic mass is 10.1. The van der Waals surface area contributed by atoms with E-state index in [1.807, 2.05) is 34.6 Å². The van der Waals surface area contributed by atoms with Crippen molar-refractivity contribution < 1.29 is 9.59 Å². The van der Waals surface area contributed by atoms with Gasteiger partial charge in [0.1, 0.15) is 5.69 Å². The van der Waals surface area contributed by atoms with Crippen LogP contribution < -0.4 is 10.9 Å². The zero-order valence-electron chi connectivity index (χ0n) is 14.8. The molecule has 0 saturated carbocycles. The van der Waals surface area contributed by atoms with Gasteiger partial charge < -0.3 is 14.8 Å². The van der Waals surface area contributed by atoms with Crippen molar-refractivity contribution in [1.82, 2.24) is 9.47 Å². The summed E-state index contributed by atoms with van der Waals surface area (Å²) in [5.41, 5.74) is 0.206. The molecule has 0 aromatic carbocycles. The van der Waals surface area contributed by atoms with Crippen molar-refractivity contribution in [1.29, 1.82) is 0 Å². The maximum atomic E-state index is 12.8. The van der Waals surface area contributed by atoms with Gasteiger partial charge in [0.15, 0.2) is 0 Å². The highest BCUT2D eigenvalue weighted by atomic mass is 16.2. The molecular formula is C17H27N3O3. The van der Waals surface area contributed by atoms with Crippen molar-refractivity contribution in [3.63, 3.8) is 0 Å². The smallest absolute Gasteiger partial charge is 0.274 e. The second kappa shape index (κ2) is 7.94. The molecule has 1 N–H and O–H groups in total. The standard InChI is InChI=1S/C17H27N3O3/c1-7-8-15(21)18-14-9-13(10-19(6)17(14)23)16(22)20(11(2)3)12(4)5/h9-12H,7-8H2,1-6H3,(H,18,21). The summed E-state index contributed by atoms with van der Waals surface area (Å²) in [7, 11) is 1.57. The van der Waals surface area contributed by atoms with E-state index in [0.29, 0.717) is 18.4 Å². The van der Waals surface area contributed by atoms with E-state index in [-0.39, 0.29) is 35.1 Å². The number of carbonyl (C=O) groups excluding carboxylic acids is 2. The summed E-state index contributed by atoms with van der Waals surface area (Å²) in [4.78, 5) is 38.4. The van der Waals surface area contributed by atoms with E-state index in [2.05, 4.69) is 5.32 Å². The third-order valence-corrected chi connectivity index (χ3v) is 3.53. The lowest BCUT2D eigenvalue weighted by Gasteiger charge is -2.31. The van der Waals surface area contributed by atoms with Crippen LogP contribution in [0.1, 0.15) is 57.8 Å². The minimum Gasteiger partial charge on any atom is -0.334 e. The highest BCUT2D eigenvalue weighted by Gasteiger charge is 2.23. The van der Waals surface area contributed by atoms with Crippen molar-refractivity contribution in [3.8, 4) is 0 Å². The molecule has 2 amide bonds. The minimum atomic E-state index is -0.327. The maximum Gasteiger partial charge on any atom is 0.274 e. The maximum absolute atomic E-state index is 12.8. The molecule has 0 aliphatic heterocycles. The van der Waals surface area contributed by atoms with Crippen LogP contribution in [0.15, 0.2) is 17.1 Å². The van der Waals surface area contributed by atoms with Crippen LogP contribution in [0, 0.1) is 0 Å². The Kier molecular flexibility index (Phi) is 6.54. The quantitative estimate of drug-likeness (QED) is 0.874. The Morgan fingerprint density at radius 2 is 1.78 bits per heavy atom. The fraction of sp³-hybridized carbons (Fsp3) is 0.588. The number of carbonyl (C=O) groups is 2. The number of aromatic nitrogens is 1. The first-order valence-electron chi connectivity index (χ1n) is 8.02. The Balaban J connectivity index is 3.23. The molecule has 6 heteroatoms. The SMILES string of the molecule is CCCC(=O)Nc1cc(C(=O)N(C(C)C)C(C)C)cn(C)c1=O. The molecule has 6 nitrogen and oxygen atoms in total. The zero-order chi connectivity index (χ0) is 17.7. The van der Waals surface area contributed by atoms with E-state index in [9.17, 15) is 14.4 Å². The van der Waals surface area contributed by atoms with E-state index in [0.717, 1.165) is 0 Å². The Hall–Kier alpha value is -2.11. The molecule has 0 aliphatic rings. The summed E-state index contributed by atoms with van der Waals surface area (Å²) in [6, 6.07) is 1.55. The molecule has 0 fully saturated rings. The van der Waals surface area contributed by atoms with E-state index < -0.39 is 0 Å². The van der Waals surface area contributed by atoms with Gasteiger partial charge in [-0.2, -0.15) is 0 Å². The number of nitrogens with zero attached hydrogens (tertiary/aromatic N) is 2. The number of hydrogen-bond donors (Lipinski definition) is 1. The monoisotopic (exact) mass is 321 g/mol. The van der Waals surface area contributed by atoms with Crippen LogP contribution in [0.5, 0.6) is 0 Å². The largest absolute Gasteiger partial charge is 0.334 e. The lowest BCUT2D eigenvalue weighted by molar-refractivity contribution is -0.116. The highest BCUT2D eigenvalue weighted by Crippen LogP contribution is 2.14. The molecule has 0 atom stereocenters. The molecule has 128 valence electrons. The van der Waals surface area contributed by atoms with Gasteiger partial charge in [0, 0.05) is 31.7 Å². The number of anilines is 1. The second-order valence-corrected chi connectivity index (χ2v) is 6.26. The van der Waals surface area contributed by atoms with E-state index in [1.54, 1.807) is 11.9 Å². The van der Waals surface area contributed by atoms with Gasteiger partial charge in [0.05, 0.1) is 5.56 Å². The zero-order valence-corrected chi connectivity index (χ0v) is 14.8. The van der Waals surface area contributed by atoms with Crippen LogP contribution in [0.4, 0.5) is 5.69 Å². The van der Waals surface area contributed by atoms with Gasteiger partial charge in [0.25, 0.3) is 11.5 Å². The molecule has 1 aromatic rings. The van der Waals surface area contributed by atoms with Gasteiger partial charge in [-0.15, -0.1) is 0 Å². The van der Waals surface area contributed by atoms with Crippen LogP contribution in [0.3, 0.4) is 0 Å². The Bertz CT molecular complexity index is 624. The average Bonchev–Trinajstić information content (AvgIpc) is 2.42. The predicted molar refractivity (Wildman–Crippen MR) is 91.7 cm³/mol. The van der Waals surface area contributed by atoms with Crippen LogP contribution in [-0.4, -0.2) is 33.4 Å². The molecule has 1 heterocycles. The first-order valence-corrected chi connectivity index (χ1v) is 8.02. The number of aryl methyl sites for hydroxylation is 1. The van der Waals surface area contributed by atoms with Crippen molar-refractivity contribution in [2.75, 3.05) is 5.32 Å². The molecule has 0 spiro atoms. The lowest BCUT2D eigenvalue weighted by Crippen LogP contribution is -2.42. The van der Waals surface area contributed by atoms with Gasteiger partial charge >= 0.3 is 0 Å². The van der Waals surface area contributed by atoms with Gasteiger partial charge in [0.2, 0.25) is 5.91 Å². The van der Waals surface area contributed by atoms with Crippen molar-refractivity contribution in [3.05, 3.63) is 28.2 Å². The van der Waals surface area contributed by atoms with E-state index in [4.69, 9.17) is 0 Å². The first-order chi connectivity index (χ1) is 10.7. The van der Waals surface area contributed by atoms with Gasteiger partial charge in [-0.25, -0.2) is 0 Å². The second-order valence-electron chi connectivity index (χ2n) is 6.26. The summed E-state index contributed by atoms with van der Waals surface area (Å²) in [5.74, 6) is -0.379. The molecule has 23 heavy (non-hydrogen) atoms. The first kappa shape index (κ1) is 18.9. The molecule has 0 bridgehead atoms. The van der Waals surface area contributed by atoms with E-state index in [1.165, 1.54) is 16.8 Å². The van der Waals surface area contributed by atoms with Crippen LogP contribution in [0.2, 0.25) is 0 Å². The predicted octanol–water partition coefficient (Wildman–Crippen LogP) is 2.38.